The SMILES string of the molecule is Cc1cccc(O[C@@H](C)C(=O)OCC(=O)NNC(=O)[C@H]2COc3ccccc3O2)c1. The van der Waals surface area contributed by atoms with Crippen LogP contribution in [-0.2, 0) is 19.1 Å². The molecule has 1 aliphatic rings. The summed E-state index contributed by atoms with van der Waals surface area (Å²) in [4.78, 5) is 36.0. The van der Waals surface area contributed by atoms with E-state index in [4.69, 9.17) is 18.9 Å². The van der Waals surface area contributed by atoms with E-state index in [-0.39, 0.29) is 6.61 Å². The van der Waals surface area contributed by atoms with E-state index in [1.165, 1.54) is 6.92 Å². The van der Waals surface area contributed by atoms with Gasteiger partial charge in [-0.05, 0) is 43.7 Å². The number of para-hydroxylation sites is 2. The number of nitrogens with one attached hydrogen (secondary N) is 2. The summed E-state index contributed by atoms with van der Waals surface area (Å²) in [7, 11) is 0. The second-order valence-electron chi connectivity index (χ2n) is 6.59. The molecule has 2 amide bonds. The van der Waals surface area contributed by atoms with E-state index in [1.807, 2.05) is 13.0 Å². The third-order valence-corrected chi connectivity index (χ3v) is 4.11. The summed E-state index contributed by atoms with van der Waals surface area (Å²) in [5.74, 6) is -0.519. The number of carbonyl (C=O) groups excluding carboxylic acids is 3. The van der Waals surface area contributed by atoms with Crippen molar-refractivity contribution in [2.75, 3.05) is 13.2 Å². The van der Waals surface area contributed by atoms with Gasteiger partial charge in [0.05, 0.1) is 0 Å². The molecule has 0 saturated carbocycles. The van der Waals surface area contributed by atoms with Crippen LogP contribution in [0, 0.1) is 6.92 Å². The molecule has 0 fully saturated rings. The fourth-order valence-corrected chi connectivity index (χ4v) is 2.59. The van der Waals surface area contributed by atoms with Gasteiger partial charge in [0.15, 0.2) is 24.2 Å². The van der Waals surface area contributed by atoms with Crippen LogP contribution >= 0.6 is 0 Å². The number of hydrogen-bond donors (Lipinski definition) is 2. The average molecular weight is 414 g/mol. The molecule has 2 aromatic rings. The number of ether oxygens (including phenoxy) is 4. The fraction of sp³-hybridized carbons (Fsp3) is 0.286. The molecular formula is C21H22N2O7. The van der Waals surface area contributed by atoms with Crippen LogP contribution in [0.1, 0.15) is 12.5 Å². The number of benzene rings is 2. The van der Waals surface area contributed by atoms with Crippen molar-refractivity contribution in [3.8, 4) is 17.2 Å². The Morgan fingerprint density at radius 1 is 1.10 bits per heavy atom. The maximum absolute atomic E-state index is 12.1. The second kappa shape index (κ2) is 9.64. The lowest BCUT2D eigenvalue weighted by atomic mass is 10.2. The maximum Gasteiger partial charge on any atom is 0.347 e. The van der Waals surface area contributed by atoms with Crippen LogP contribution in [0.2, 0.25) is 0 Å². The first kappa shape index (κ1) is 21.0. The molecule has 0 aromatic heterocycles. The van der Waals surface area contributed by atoms with Gasteiger partial charge >= 0.3 is 5.97 Å². The number of esters is 1. The maximum atomic E-state index is 12.1. The highest BCUT2D eigenvalue weighted by Crippen LogP contribution is 2.30. The smallest absolute Gasteiger partial charge is 0.347 e. The Morgan fingerprint density at radius 2 is 1.87 bits per heavy atom. The zero-order chi connectivity index (χ0) is 21.5. The van der Waals surface area contributed by atoms with Crippen LogP contribution < -0.4 is 25.1 Å². The van der Waals surface area contributed by atoms with Gasteiger partial charge in [0.1, 0.15) is 12.4 Å². The molecule has 1 heterocycles. The van der Waals surface area contributed by atoms with Gasteiger partial charge in [-0.3, -0.25) is 20.4 Å². The molecule has 0 spiro atoms. The summed E-state index contributed by atoms with van der Waals surface area (Å²) in [5, 5.41) is 0. The number of hydrazine groups is 1. The minimum absolute atomic E-state index is 0.00150. The third-order valence-electron chi connectivity index (χ3n) is 4.11. The first-order valence-corrected chi connectivity index (χ1v) is 9.29. The summed E-state index contributed by atoms with van der Waals surface area (Å²) in [5.41, 5.74) is 5.36. The van der Waals surface area contributed by atoms with E-state index in [0.717, 1.165) is 5.56 Å². The quantitative estimate of drug-likeness (QED) is 0.541. The molecule has 2 aromatic carbocycles. The molecule has 0 saturated heterocycles. The minimum atomic E-state index is -0.925. The first-order valence-electron chi connectivity index (χ1n) is 9.29. The van der Waals surface area contributed by atoms with Crippen LogP contribution in [-0.4, -0.2) is 43.2 Å². The largest absolute Gasteiger partial charge is 0.485 e. The number of carbonyl (C=O) groups is 3. The Hall–Kier alpha value is -3.75. The lowest BCUT2D eigenvalue weighted by Crippen LogP contribution is -2.51. The zero-order valence-corrected chi connectivity index (χ0v) is 16.5. The fourth-order valence-electron chi connectivity index (χ4n) is 2.59. The average Bonchev–Trinajstić information content (AvgIpc) is 2.75. The van der Waals surface area contributed by atoms with E-state index in [0.29, 0.717) is 17.2 Å². The molecule has 9 heteroatoms. The number of rotatable bonds is 6. The molecule has 9 nitrogen and oxygen atoms in total. The zero-order valence-electron chi connectivity index (χ0n) is 16.5. The summed E-state index contributed by atoms with van der Waals surface area (Å²) in [6.07, 6.45) is -1.83. The van der Waals surface area contributed by atoms with E-state index >= 15 is 0 Å². The standard InChI is InChI=1S/C21H22N2O7/c1-13-6-5-7-15(10-13)29-14(2)21(26)28-12-19(24)22-23-20(25)18-11-27-16-8-3-4-9-17(16)30-18/h3-10,14,18H,11-12H2,1-2H3,(H,22,24)(H,23,25)/t14-,18+/m0/s1. The summed E-state index contributed by atoms with van der Waals surface area (Å²) in [6, 6.07) is 14.1. The Balaban J connectivity index is 1.38. The third kappa shape index (κ3) is 5.63. The molecule has 2 atom stereocenters. The Bertz CT molecular complexity index is 931. The molecule has 0 radical (unpaired) electrons. The first-order chi connectivity index (χ1) is 14.4. The molecule has 0 unspecified atom stereocenters. The van der Waals surface area contributed by atoms with Crippen molar-refractivity contribution in [2.24, 2.45) is 0 Å². The van der Waals surface area contributed by atoms with Crippen molar-refractivity contribution in [3.05, 3.63) is 54.1 Å². The Kier molecular flexibility index (Phi) is 6.74. The van der Waals surface area contributed by atoms with Gasteiger partial charge < -0.3 is 18.9 Å². The van der Waals surface area contributed by atoms with E-state index in [9.17, 15) is 14.4 Å². The van der Waals surface area contributed by atoms with Crippen LogP contribution in [0.5, 0.6) is 17.2 Å². The summed E-state index contributed by atoms with van der Waals surface area (Å²) < 4.78 is 21.4. The predicted octanol–water partition coefficient (Wildman–Crippen LogP) is 1.29. The van der Waals surface area contributed by atoms with E-state index in [1.54, 1.807) is 42.5 Å². The van der Waals surface area contributed by atoms with E-state index in [2.05, 4.69) is 10.9 Å². The highest BCUT2D eigenvalue weighted by molar-refractivity contribution is 5.86. The van der Waals surface area contributed by atoms with Gasteiger partial charge in [-0.25, -0.2) is 4.79 Å². The molecule has 2 N–H and O–H groups in total. The van der Waals surface area contributed by atoms with E-state index < -0.39 is 36.6 Å². The van der Waals surface area contributed by atoms with Gasteiger partial charge in [-0.1, -0.05) is 24.3 Å². The van der Waals surface area contributed by atoms with Gasteiger partial charge in [0.2, 0.25) is 6.10 Å². The van der Waals surface area contributed by atoms with Crippen LogP contribution in [0.3, 0.4) is 0 Å². The molecular weight excluding hydrogens is 392 g/mol. The Morgan fingerprint density at radius 3 is 2.63 bits per heavy atom. The van der Waals surface area contributed by atoms with Gasteiger partial charge in [-0.2, -0.15) is 0 Å². The van der Waals surface area contributed by atoms with Crippen molar-refractivity contribution in [2.45, 2.75) is 26.1 Å². The second-order valence-corrected chi connectivity index (χ2v) is 6.59. The van der Waals surface area contributed by atoms with Crippen molar-refractivity contribution in [1.29, 1.82) is 0 Å². The van der Waals surface area contributed by atoms with Crippen molar-refractivity contribution < 1.29 is 33.3 Å². The summed E-state index contributed by atoms with van der Waals surface area (Å²) >= 11 is 0. The van der Waals surface area contributed by atoms with Crippen LogP contribution in [0.25, 0.3) is 0 Å². The summed E-state index contributed by atoms with van der Waals surface area (Å²) in [6.45, 7) is 2.84. The number of fused-ring (bicyclic) bond motifs is 1. The monoisotopic (exact) mass is 414 g/mol. The highest BCUT2D eigenvalue weighted by Gasteiger charge is 2.27. The minimum Gasteiger partial charge on any atom is -0.485 e. The molecule has 0 bridgehead atoms. The molecule has 0 aliphatic carbocycles. The van der Waals surface area contributed by atoms with Crippen molar-refractivity contribution >= 4 is 17.8 Å². The molecule has 3 rings (SSSR count). The normalized spacial score (nSPS) is 15.5. The van der Waals surface area contributed by atoms with Crippen molar-refractivity contribution in [1.82, 2.24) is 10.9 Å². The van der Waals surface area contributed by atoms with Crippen molar-refractivity contribution in [3.63, 3.8) is 0 Å². The van der Waals surface area contributed by atoms with Crippen LogP contribution in [0.4, 0.5) is 0 Å². The van der Waals surface area contributed by atoms with Gasteiger partial charge in [0.25, 0.3) is 11.8 Å². The lowest BCUT2D eigenvalue weighted by Gasteiger charge is -2.25. The van der Waals surface area contributed by atoms with Crippen LogP contribution in [0.15, 0.2) is 48.5 Å². The highest BCUT2D eigenvalue weighted by atomic mass is 16.6. The van der Waals surface area contributed by atoms with Gasteiger partial charge in [-0.15, -0.1) is 0 Å². The molecule has 158 valence electrons. The topological polar surface area (TPSA) is 112 Å². The number of amides is 2. The molecule has 1 aliphatic heterocycles. The Labute approximate surface area is 173 Å². The molecule has 30 heavy (non-hydrogen) atoms. The van der Waals surface area contributed by atoms with Gasteiger partial charge in [0, 0.05) is 0 Å². The predicted molar refractivity (Wildman–Crippen MR) is 105 cm³/mol. The number of hydrogen-bond acceptors (Lipinski definition) is 7. The lowest BCUT2D eigenvalue weighted by molar-refractivity contribution is -0.155. The number of aryl methyl sites for hydroxylation is 1.